The van der Waals surface area contributed by atoms with E-state index in [1.54, 1.807) is 0 Å². The van der Waals surface area contributed by atoms with Gasteiger partial charge in [0.2, 0.25) is 0 Å². The predicted molar refractivity (Wildman–Crippen MR) is 280 cm³/mol. The SMILES string of the molecule is CCCCCCCC(=O)OC[C@H](COC(=O)CCCCCCCCCCCCCCCCCCCCC(C)C)OC(=O)CCCCCCCCCCCCCCCCCCCCC(C)C. The lowest BCUT2D eigenvalue weighted by Crippen LogP contribution is -2.30. The van der Waals surface area contributed by atoms with Gasteiger partial charge in [0.1, 0.15) is 13.2 Å². The summed E-state index contributed by atoms with van der Waals surface area (Å²) >= 11 is 0. The molecule has 0 amide bonds. The minimum atomic E-state index is -0.760. The average Bonchev–Trinajstić information content (AvgIpc) is 3.28. The summed E-state index contributed by atoms with van der Waals surface area (Å²) in [6.45, 7) is 11.4. The molecule has 0 aliphatic rings. The van der Waals surface area contributed by atoms with Gasteiger partial charge in [-0.15, -0.1) is 0 Å². The van der Waals surface area contributed by atoms with Crippen molar-refractivity contribution in [2.75, 3.05) is 13.2 Å². The second kappa shape index (κ2) is 51.8. The number of carbonyl (C=O) groups is 3. The molecule has 0 aliphatic carbocycles. The Labute approximate surface area is 406 Å². The van der Waals surface area contributed by atoms with Crippen molar-refractivity contribution in [1.82, 2.24) is 0 Å². The lowest BCUT2D eigenvalue weighted by atomic mass is 10.0. The summed E-state index contributed by atoms with van der Waals surface area (Å²) in [7, 11) is 0. The third-order valence-electron chi connectivity index (χ3n) is 13.5. The van der Waals surface area contributed by atoms with Crippen LogP contribution in [0.25, 0.3) is 0 Å². The van der Waals surface area contributed by atoms with Crippen LogP contribution in [0.4, 0.5) is 0 Å². The maximum Gasteiger partial charge on any atom is 0.306 e. The molecule has 0 unspecified atom stereocenters. The zero-order valence-corrected chi connectivity index (χ0v) is 44.6. The van der Waals surface area contributed by atoms with Gasteiger partial charge in [0.15, 0.2) is 6.10 Å². The minimum absolute atomic E-state index is 0.0637. The molecule has 6 heteroatoms. The maximum absolute atomic E-state index is 12.8. The largest absolute Gasteiger partial charge is 0.462 e. The number of hydrogen-bond donors (Lipinski definition) is 0. The summed E-state index contributed by atoms with van der Waals surface area (Å²) < 4.78 is 16.8. The lowest BCUT2D eigenvalue weighted by molar-refractivity contribution is -0.167. The molecule has 6 nitrogen and oxygen atoms in total. The van der Waals surface area contributed by atoms with Gasteiger partial charge in [0.25, 0.3) is 0 Å². The lowest BCUT2D eigenvalue weighted by Gasteiger charge is -2.18. The maximum atomic E-state index is 12.8. The van der Waals surface area contributed by atoms with Gasteiger partial charge >= 0.3 is 17.9 Å². The third-order valence-corrected chi connectivity index (χ3v) is 13.5. The smallest absolute Gasteiger partial charge is 0.306 e. The molecule has 0 fully saturated rings. The van der Waals surface area contributed by atoms with Crippen LogP contribution in [0.5, 0.6) is 0 Å². The van der Waals surface area contributed by atoms with Gasteiger partial charge in [-0.2, -0.15) is 0 Å². The van der Waals surface area contributed by atoms with Gasteiger partial charge in [-0.25, -0.2) is 0 Å². The highest BCUT2D eigenvalue weighted by molar-refractivity contribution is 5.71. The molecular weight excluding hydrogens is 805 g/mol. The zero-order chi connectivity index (χ0) is 47.5. The number of carbonyl (C=O) groups excluding carboxylic acids is 3. The van der Waals surface area contributed by atoms with Crippen LogP contribution in [-0.4, -0.2) is 37.2 Å². The van der Waals surface area contributed by atoms with E-state index in [0.29, 0.717) is 19.3 Å². The number of esters is 3. The van der Waals surface area contributed by atoms with Crippen molar-refractivity contribution in [1.29, 1.82) is 0 Å². The second-order valence-electron chi connectivity index (χ2n) is 21.2. The first kappa shape index (κ1) is 63.4. The molecular formula is C59H114O6. The van der Waals surface area contributed by atoms with Crippen LogP contribution in [0, 0.1) is 11.8 Å². The fraction of sp³-hybridized carbons (Fsp3) is 0.949. The van der Waals surface area contributed by atoms with E-state index in [1.165, 1.54) is 212 Å². The van der Waals surface area contributed by atoms with Crippen molar-refractivity contribution >= 4 is 17.9 Å². The quantitative estimate of drug-likeness (QED) is 0.0344. The monoisotopic (exact) mass is 919 g/mol. The van der Waals surface area contributed by atoms with E-state index < -0.39 is 6.10 Å². The van der Waals surface area contributed by atoms with Crippen molar-refractivity contribution < 1.29 is 28.6 Å². The molecule has 0 aromatic heterocycles. The number of hydrogen-bond acceptors (Lipinski definition) is 6. The summed E-state index contributed by atoms with van der Waals surface area (Å²) in [6.07, 6.45) is 55.7. The van der Waals surface area contributed by atoms with E-state index in [-0.39, 0.29) is 31.1 Å². The van der Waals surface area contributed by atoms with E-state index in [4.69, 9.17) is 14.2 Å². The van der Waals surface area contributed by atoms with Crippen molar-refractivity contribution in [3.8, 4) is 0 Å². The van der Waals surface area contributed by atoms with Gasteiger partial charge in [-0.05, 0) is 31.1 Å². The van der Waals surface area contributed by atoms with Gasteiger partial charge in [-0.1, -0.05) is 291 Å². The Morgan fingerprint density at radius 2 is 0.508 bits per heavy atom. The Bertz CT molecular complexity index is 993. The average molecular weight is 920 g/mol. The molecule has 0 bridgehead atoms. The molecule has 0 aromatic carbocycles. The molecule has 0 spiro atoms. The van der Waals surface area contributed by atoms with Crippen molar-refractivity contribution in [3.63, 3.8) is 0 Å². The van der Waals surface area contributed by atoms with Gasteiger partial charge in [0.05, 0.1) is 0 Å². The molecule has 0 rings (SSSR count). The number of ether oxygens (including phenoxy) is 3. The molecule has 65 heavy (non-hydrogen) atoms. The van der Waals surface area contributed by atoms with Gasteiger partial charge in [0, 0.05) is 19.3 Å². The Morgan fingerprint density at radius 3 is 0.754 bits per heavy atom. The van der Waals surface area contributed by atoms with Gasteiger partial charge < -0.3 is 14.2 Å². The van der Waals surface area contributed by atoms with Crippen LogP contribution in [0.3, 0.4) is 0 Å². The Kier molecular flexibility index (Phi) is 50.5. The fourth-order valence-electron chi connectivity index (χ4n) is 9.05. The zero-order valence-electron chi connectivity index (χ0n) is 44.6. The molecule has 0 aliphatic heterocycles. The van der Waals surface area contributed by atoms with Crippen molar-refractivity contribution in [3.05, 3.63) is 0 Å². The minimum Gasteiger partial charge on any atom is -0.462 e. The Balaban J connectivity index is 4.02. The topological polar surface area (TPSA) is 78.9 Å². The molecule has 0 heterocycles. The Morgan fingerprint density at radius 1 is 0.292 bits per heavy atom. The fourth-order valence-corrected chi connectivity index (χ4v) is 9.05. The highest BCUT2D eigenvalue weighted by Crippen LogP contribution is 2.18. The molecule has 0 aromatic rings. The van der Waals surface area contributed by atoms with E-state index in [1.807, 2.05) is 0 Å². The Hall–Kier alpha value is -1.59. The summed E-state index contributed by atoms with van der Waals surface area (Å²) in [5.41, 5.74) is 0. The van der Waals surface area contributed by atoms with E-state index in [2.05, 4.69) is 34.6 Å². The normalized spacial score (nSPS) is 12.0. The van der Waals surface area contributed by atoms with Crippen LogP contribution < -0.4 is 0 Å². The molecule has 0 N–H and O–H groups in total. The molecule has 1 atom stereocenters. The van der Waals surface area contributed by atoms with Gasteiger partial charge in [-0.3, -0.25) is 14.4 Å². The molecule has 386 valence electrons. The summed E-state index contributed by atoms with van der Waals surface area (Å²) in [5, 5.41) is 0. The first-order valence-electron chi connectivity index (χ1n) is 29.2. The summed E-state index contributed by atoms with van der Waals surface area (Å²) in [4.78, 5) is 37.8. The first-order chi connectivity index (χ1) is 31.7. The molecule has 0 saturated carbocycles. The van der Waals surface area contributed by atoms with Crippen LogP contribution in [-0.2, 0) is 28.6 Å². The van der Waals surface area contributed by atoms with Crippen LogP contribution in [0.1, 0.15) is 330 Å². The van der Waals surface area contributed by atoms with E-state index in [9.17, 15) is 14.4 Å². The predicted octanol–water partition coefficient (Wildman–Crippen LogP) is 19.3. The van der Waals surface area contributed by atoms with Crippen LogP contribution in [0.2, 0.25) is 0 Å². The van der Waals surface area contributed by atoms with Crippen molar-refractivity contribution in [2.24, 2.45) is 11.8 Å². The standard InChI is InChI=1S/C59H114O6/c1-6-7-8-37-44-49-57(60)63-52-56(65-59(62)51-46-41-36-32-28-24-20-16-12-10-14-18-22-26-30-34-39-43-48-55(4)5)53-64-58(61)50-45-40-35-31-27-23-19-15-11-9-13-17-21-25-29-33-38-42-47-54(2)3/h54-56H,6-53H2,1-5H3/t56-/m1/s1. The first-order valence-corrected chi connectivity index (χ1v) is 29.2. The number of unbranched alkanes of at least 4 members (excludes halogenated alkanes) is 38. The highest BCUT2D eigenvalue weighted by atomic mass is 16.6. The summed E-state index contributed by atoms with van der Waals surface area (Å²) in [5.74, 6) is 0.863. The summed E-state index contributed by atoms with van der Waals surface area (Å²) in [6, 6.07) is 0. The van der Waals surface area contributed by atoms with Crippen LogP contribution >= 0.6 is 0 Å². The van der Waals surface area contributed by atoms with E-state index in [0.717, 1.165) is 76.0 Å². The van der Waals surface area contributed by atoms with Crippen LogP contribution in [0.15, 0.2) is 0 Å². The third kappa shape index (κ3) is 53.2. The second-order valence-corrected chi connectivity index (χ2v) is 21.2. The molecule has 0 radical (unpaired) electrons. The number of rotatable bonds is 53. The van der Waals surface area contributed by atoms with E-state index >= 15 is 0 Å². The molecule has 0 saturated heterocycles. The highest BCUT2D eigenvalue weighted by Gasteiger charge is 2.19. The van der Waals surface area contributed by atoms with Crippen molar-refractivity contribution in [2.45, 2.75) is 336 Å².